The number of nitrogens with one attached hydrogen (secondary N) is 1. The zero-order chi connectivity index (χ0) is 5.98. The van der Waals surface area contributed by atoms with Crippen LogP contribution in [-0.2, 0) is 0 Å². The summed E-state index contributed by atoms with van der Waals surface area (Å²) in [7, 11) is 4.82. The van der Waals surface area contributed by atoms with E-state index in [9.17, 15) is 0 Å². The fraction of sp³-hybridized carbons (Fsp3) is 1.00. The van der Waals surface area contributed by atoms with Gasteiger partial charge in [0, 0.05) is 13.1 Å². The van der Waals surface area contributed by atoms with Gasteiger partial charge in [-0.1, -0.05) is 0 Å². The lowest BCUT2D eigenvalue weighted by molar-refractivity contribution is 0.263. The van der Waals surface area contributed by atoms with Crippen LogP contribution in [-0.4, -0.2) is 30.8 Å². The van der Waals surface area contributed by atoms with Crippen molar-refractivity contribution in [2.75, 3.05) is 20.1 Å². The van der Waals surface area contributed by atoms with E-state index in [2.05, 4.69) is 19.7 Å². The summed E-state index contributed by atoms with van der Waals surface area (Å²) < 4.78 is 0. The Bertz CT molecular complexity index is 76.8. The van der Waals surface area contributed by atoms with E-state index in [0.29, 0.717) is 0 Å². The van der Waals surface area contributed by atoms with Crippen molar-refractivity contribution in [3.8, 4) is 0 Å². The molecule has 0 radical (unpaired) electrons. The molecule has 0 aromatic rings. The molecule has 0 aromatic carbocycles. The van der Waals surface area contributed by atoms with Crippen LogP contribution >= 0.6 is 9.24 Å². The molecule has 0 saturated carbocycles. The summed E-state index contributed by atoms with van der Waals surface area (Å²) in [4.78, 5) is 0. The van der Waals surface area contributed by atoms with Gasteiger partial charge in [-0.2, -0.15) is 0 Å². The molecule has 3 heteroatoms. The van der Waals surface area contributed by atoms with E-state index >= 15 is 0 Å². The van der Waals surface area contributed by atoms with Gasteiger partial charge in [0.05, 0.1) is 0 Å². The van der Waals surface area contributed by atoms with Crippen LogP contribution in [0, 0.1) is 0 Å². The van der Waals surface area contributed by atoms with E-state index in [-0.39, 0.29) is 0 Å². The quantitative estimate of drug-likeness (QED) is 0.508. The molecule has 2 unspecified atom stereocenters. The third kappa shape index (κ3) is 1.41. The molecule has 8 heavy (non-hydrogen) atoms. The van der Waals surface area contributed by atoms with E-state index in [1.54, 1.807) is 0 Å². The summed E-state index contributed by atoms with van der Waals surface area (Å²) in [5, 5.41) is 2.23. The normalized spacial score (nSPS) is 31.5. The maximum absolute atomic E-state index is 3.11. The molecule has 1 saturated heterocycles. The lowest BCUT2D eigenvalue weighted by Crippen LogP contribution is -2.32. The Balaban J connectivity index is 2.22. The molecule has 48 valence electrons. The van der Waals surface area contributed by atoms with Gasteiger partial charge in [0.25, 0.3) is 0 Å². The second kappa shape index (κ2) is 2.77. The Morgan fingerprint density at radius 3 is 2.75 bits per heavy atom. The average Bonchev–Trinajstić information content (AvgIpc) is 2.14. The van der Waals surface area contributed by atoms with E-state index < -0.39 is 0 Å². The van der Waals surface area contributed by atoms with Crippen molar-refractivity contribution in [2.24, 2.45) is 0 Å². The van der Waals surface area contributed by atoms with Crippen LogP contribution in [0.25, 0.3) is 0 Å². The molecule has 1 N–H and O–H groups in total. The van der Waals surface area contributed by atoms with Gasteiger partial charge in [0.15, 0.2) is 0 Å². The first-order chi connectivity index (χ1) is 3.83. The van der Waals surface area contributed by atoms with E-state index in [1.807, 2.05) is 7.05 Å². The van der Waals surface area contributed by atoms with E-state index in [1.165, 1.54) is 19.5 Å². The first-order valence-corrected chi connectivity index (χ1v) is 3.67. The van der Waals surface area contributed by atoms with Gasteiger partial charge in [-0.15, -0.1) is 9.24 Å². The molecule has 0 amide bonds. The average molecular weight is 132 g/mol. The summed E-state index contributed by atoms with van der Waals surface area (Å²) in [6, 6.07) is 0. The van der Waals surface area contributed by atoms with Crippen LogP contribution in [0.1, 0.15) is 6.42 Å². The van der Waals surface area contributed by atoms with E-state index in [0.717, 1.165) is 5.66 Å². The van der Waals surface area contributed by atoms with Crippen LogP contribution in [0.15, 0.2) is 0 Å². The van der Waals surface area contributed by atoms with Crippen molar-refractivity contribution in [3.63, 3.8) is 0 Å². The minimum atomic E-state index is 0.808. The van der Waals surface area contributed by atoms with Crippen molar-refractivity contribution in [1.29, 1.82) is 0 Å². The number of hydrogen-bond donors (Lipinski definition) is 1. The molecule has 1 aliphatic rings. The summed E-state index contributed by atoms with van der Waals surface area (Å²) in [6.45, 7) is 2.38. The third-order valence-corrected chi connectivity index (χ3v) is 2.09. The monoisotopic (exact) mass is 132 g/mol. The molecule has 0 bridgehead atoms. The summed E-state index contributed by atoms with van der Waals surface area (Å²) in [5.41, 5.74) is 3.92. The highest BCUT2D eigenvalue weighted by atomic mass is 31.0. The van der Waals surface area contributed by atoms with Crippen LogP contribution in [0.5, 0.6) is 0 Å². The molecule has 0 aromatic heterocycles. The van der Waals surface area contributed by atoms with Crippen molar-refractivity contribution < 1.29 is 0 Å². The first-order valence-electron chi connectivity index (χ1n) is 3.01. The highest BCUT2D eigenvalue weighted by molar-refractivity contribution is 7.17. The number of nitrogens with zero attached hydrogens (tertiary/aromatic N) is 1. The second-order valence-corrected chi connectivity index (χ2v) is 3.16. The summed E-state index contributed by atoms with van der Waals surface area (Å²) in [6.07, 6.45) is 1.31. The predicted molar refractivity (Wildman–Crippen MR) is 38.7 cm³/mol. The van der Waals surface area contributed by atoms with Gasteiger partial charge in [-0.05, 0) is 19.1 Å². The molecular formula is C5H13N2P. The maximum atomic E-state index is 3.11. The van der Waals surface area contributed by atoms with E-state index in [4.69, 9.17) is 0 Å². The Morgan fingerprint density at radius 2 is 2.50 bits per heavy atom. The molecule has 0 aliphatic carbocycles. The molecule has 1 heterocycles. The van der Waals surface area contributed by atoms with Gasteiger partial charge < -0.3 is 0 Å². The number of hydrogen-bond acceptors (Lipinski definition) is 2. The fourth-order valence-electron chi connectivity index (χ4n) is 0.990. The third-order valence-electron chi connectivity index (χ3n) is 1.54. The number of rotatable bonds is 1. The topological polar surface area (TPSA) is 15.3 Å². The van der Waals surface area contributed by atoms with Crippen LogP contribution in [0.4, 0.5) is 0 Å². The molecule has 1 aliphatic heterocycles. The Kier molecular flexibility index (Phi) is 2.24. The molecule has 2 atom stereocenters. The van der Waals surface area contributed by atoms with Gasteiger partial charge in [0.2, 0.25) is 0 Å². The van der Waals surface area contributed by atoms with Crippen LogP contribution in [0.3, 0.4) is 0 Å². The van der Waals surface area contributed by atoms with Gasteiger partial charge in [-0.25, -0.2) is 5.01 Å². The van der Waals surface area contributed by atoms with Crippen LogP contribution in [0.2, 0.25) is 0 Å². The standard InChI is InChI=1S/C5H13N2P/c1-6-7-3-2-5(8)4-7/h5-6H,2-4,8H2,1H3. The smallest absolute Gasteiger partial charge is 0.0194 e. The molecule has 1 rings (SSSR count). The molecule has 2 nitrogen and oxygen atoms in total. The Morgan fingerprint density at radius 1 is 1.75 bits per heavy atom. The Labute approximate surface area is 52.8 Å². The molecule has 1 fully saturated rings. The van der Waals surface area contributed by atoms with Crippen molar-refractivity contribution >= 4 is 9.24 Å². The van der Waals surface area contributed by atoms with Gasteiger partial charge in [0.1, 0.15) is 0 Å². The van der Waals surface area contributed by atoms with Crippen molar-refractivity contribution in [3.05, 3.63) is 0 Å². The summed E-state index contributed by atoms with van der Waals surface area (Å²) >= 11 is 0. The molecular weight excluding hydrogens is 119 g/mol. The minimum absolute atomic E-state index is 0.808. The zero-order valence-electron chi connectivity index (χ0n) is 5.22. The van der Waals surface area contributed by atoms with Crippen molar-refractivity contribution in [2.45, 2.75) is 12.1 Å². The SMILES string of the molecule is CNN1CCC(P)C1. The lowest BCUT2D eigenvalue weighted by Gasteiger charge is -2.11. The zero-order valence-corrected chi connectivity index (χ0v) is 6.38. The van der Waals surface area contributed by atoms with Gasteiger partial charge >= 0.3 is 0 Å². The maximum Gasteiger partial charge on any atom is 0.0194 e. The summed E-state index contributed by atoms with van der Waals surface area (Å²) in [5.74, 6) is 0. The first kappa shape index (κ1) is 6.47. The predicted octanol–water partition coefficient (Wildman–Crippen LogP) is 0.0702. The fourth-order valence-corrected chi connectivity index (χ4v) is 1.39. The van der Waals surface area contributed by atoms with Gasteiger partial charge in [-0.3, -0.25) is 5.43 Å². The largest absolute Gasteiger partial charge is 0.258 e. The highest BCUT2D eigenvalue weighted by Crippen LogP contribution is 2.13. The number of hydrazine groups is 1. The Hall–Kier alpha value is 0.350. The van der Waals surface area contributed by atoms with Crippen LogP contribution < -0.4 is 5.43 Å². The second-order valence-electron chi connectivity index (χ2n) is 2.22. The molecule has 0 spiro atoms. The highest BCUT2D eigenvalue weighted by Gasteiger charge is 2.16. The minimum Gasteiger partial charge on any atom is -0.258 e. The van der Waals surface area contributed by atoms with Crippen molar-refractivity contribution in [1.82, 2.24) is 10.4 Å². The lowest BCUT2D eigenvalue weighted by atomic mass is 10.4.